The normalized spacial score (nSPS) is 22.6. The molecule has 2 atom stereocenters. The monoisotopic (exact) mass is 226 g/mol. The highest BCUT2D eigenvalue weighted by molar-refractivity contribution is 5.38. The van der Waals surface area contributed by atoms with Crippen LogP contribution in [0.3, 0.4) is 0 Å². The summed E-state index contributed by atoms with van der Waals surface area (Å²) in [5.41, 5.74) is 2.00. The Labute approximate surface area is 100 Å². The minimum absolute atomic E-state index is 0.0545. The van der Waals surface area contributed by atoms with Gasteiger partial charge >= 0.3 is 0 Å². The van der Waals surface area contributed by atoms with Gasteiger partial charge in [-0.1, -0.05) is 48.5 Å². The lowest BCUT2D eigenvalue weighted by Crippen LogP contribution is -2.18. The number of benzene rings is 2. The minimum atomic E-state index is -0.440. The third kappa shape index (κ3) is 1.92. The van der Waals surface area contributed by atoms with Gasteiger partial charge in [-0.15, -0.1) is 0 Å². The van der Waals surface area contributed by atoms with Gasteiger partial charge in [-0.05, 0) is 11.6 Å². The molecule has 2 aromatic carbocycles. The second-order valence-electron chi connectivity index (χ2n) is 4.31. The number of aliphatic hydroxyl groups excluding tert-OH is 1. The summed E-state index contributed by atoms with van der Waals surface area (Å²) in [6.45, 7) is 0. The van der Waals surface area contributed by atoms with Crippen molar-refractivity contribution < 1.29 is 9.84 Å². The molecule has 1 unspecified atom stereocenters. The van der Waals surface area contributed by atoms with E-state index in [4.69, 9.17) is 4.74 Å². The molecule has 1 aliphatic heterocycles. The third-order valence-electron chi connectivity index (χ3n) is 3.16. The lowest BCUT2D eigenvalue weighted by atomic mass is 9.95. The second-order valence-corrected chi connectivity index (χ2v) is 4.31. The van der Waals surface area contributed by atoms with Crippen LogP contribution in [0.25, 0.3) is 0 Å². The highest BCUT2D eigenvalue weighted by atomic mass is 16.5. The van der Waals surface area contributed by atoms with Crippen molar-refractivity contribution in [1.82, 2.24) is 0 Å². The van der Waals surface area contributed by atoms with Crippen LogP contribution < -0.4 is 4.74 Å². The molecular formula is C15H14O2. The number of hydrogen-bond acceptors (Lipinski definition) is 2. The molecule has 0 amide bonds. The van der Waals surface area contributed by atoms with Crippen molar-refractivity contribution in [2.75, 3.05) is 0 Å². The standard InChI is InChI=1S/C15H14O2/c16-13-10-15(11-6-2-1-3-7-11)17-14-9-5-4-8-12(13)14/h1-9,13,15-16H,10H2/t13-,15?/m0/s1. The van der Waals surface area contributed by atoms with Gasteiger partial charge in [0.15, 0.2) is 0 Å². The Balaban J connectivity index is 1.94. The van der Waals surface area contributed by atoms with Gasteiger partial charge < -0.3 is 9.84 Å². The maximum atomic E-state index is 10.1. The zero-order valence-corrected chi connectivity index (χ0v) is 9.41. The fraction of sp³-hybridized carbons (Fsp3) is 0.200. The van der Waals surface area contributed by atoms with E-state index in [2.05, 4.69) is 0 Å². The van der Waals surface area contributed by atoms with E-state index in [1.165, 1.54) is 0 Å². The highest BCUT2D eigenvalue weighted by Gasteiger charge is 2.27. The molecule has 0 fully saturated rings. The molecule has 1 heterocycles. The van der Waals surface area contributed by atoms with Crippen LogP contribution in [0, 0.1) is 0 Å². The van der Waals surface area contributed by atoms with E-state index in [1.54, 1.807) is 0 Å². The molecule has 0 aromatic heterocycles. The third-order valence-corrected chi connectivity index (χ3v) is 3.16. The van der Waals surface area contributed by atoms with Crippen LogP contribution in [0.15, 0.2) is 54.6 Å². The van der Waals surface area contributed by atoms with Crippen LogP contribution in [0.5, 0.6) is 5.75 Å². The molecular weight excluding hydrogens is 212 g/mol. The molecule has 86 valence electrons. The van der Waals surface area contributed by atoms with Crippen molar-refractivity contribution in [1.29, 1.82) is 0 Å². The fourth-order valence-corrected chi connectivity index (χ4v) is 2.27. The van der Waals surface area contributed by atoms with E-state index in [9.17, 15) is 5.11 Å². The molecule has 0 saturated carbocycles. The van der Waals surface area contributed by atoms with Crippen LogP contribution >= 0.6 is 0 Å². The van der Waals surface area contributed by atoms with Gasteiger partial charge in [0.25, 0.3) is 0 Å². The molecule has 0 spiro atoms. The quantitative estimate of drug-likeness (QED) is 0.808. The molecule has 2 heteroatoms. The van der Waals surface area contributed by atoms with Gasteiger partial charge in [-0.25, -0.2) is 0 Å². The van der Waals surface area contributed by atoms with Gasteiger partial charge in [0.1, 0.15) is 11.9 Å². The first-order valence-electron chi connectivity index (χ1n) is 5.83. The molecule has 0 bridgehead atoms. The fourth-order valence-electron chi connectivity index (χ4n) is 2.27. The molecule has 3 rings (SSSR count). The van der Waals surface area contributed by atoms with Crippen molar-refractivity contribution in [3.05, 3.63) is 65.7 Å². The topological polar surface area (TPSA) is 29.5 Å². The van der Waals surface area contributed by atoms with Gasteiger partial charge in [0.05, 0.1) is 6.10 Å². The van der Waals surface area contributed by atoms with E-state index < -0.39 is 6.10 Å². The molecule has 0 aliphatic carbocycles. The van der Waals surface area contributed by atoms with Crippen LogP contribution in [0.1, 0.15) is 29.8 Å². The van der Waals surface area contributed by atoms with Crippen LogP contribution in [0.4, 0.5) is 0 Å². The maximum absolute atomic E-state index is 10.1. The van der Waals surface area contributed by atoms with E-state index in [-0.39, 0.29) is 6.10 Å². The van der Waals surface area contributed by atoms with Gasteiger partial charge in [0.2, 0.25) is 0 Å². The second kappa shape index (κ2) is 4.22. The summed E-state index contributed by atoms with van der Waals surface area (Å²) in [7, 11) is 0. The number of rotatable bonds is 1. The summed E-state index contributed by atoms with van der Waals surface area (Å²) in [5, 5.41) is 10.1. The molecule has 0 radical (unpaired) electrons. The number of hydrogen-bond donors (Lipinski definition) is 1. The summed E-state index contributed by atoms with van der Waals surface area (Å²) < 4.78 is 5.93. The molecule has 1 N–H and O–H groups in total. The Morgan fingerprint density at radius 1 is 0.941 bits per heavy atom. The zero-order valence-electron chi connectivity index (χ0n) is 9.41. The van der Waals surface area contributed by atoms with Crippen molar-refractivity contribution in [2.24, 2.45) is 0 Å². The molecule has 2 nitrogen and oxygen atoms in total. The number of ether oxygens (including phenoxy) is 1. The van der Waals surface area contributed by atoms with Crippen molar-refractivity contribution in [2.45, 2.75) is 18.6 Å². The summed E-state index contributed by atoms with van der Waals surface area (Å²) in [6, 6.07) is 17.7. The Morgan fingerprint density at radius 3 is 2.47 bits per heavy atom. The predicted molar refractivity (Wildman–Crippen MR) is 65.8 cm³/mol. The van der Waals surface area contributed by atoms with E-state index >= 15 is 0 Å². The molecule has 1 aliphatic rings. The first-order valence-corrected chi connectivity index (χ1v) is 5.83. The Bertz CT molecular complexity index is 507. The number of para-hydroxylation sites is 1. The average Bonchev–Trinajstić information content (AvgIpc) is 2.40. The predicted octanol–water partition coefficient (Wildman–Crippen LogP) is 3.24. The van der Waals surface area contributed by atoms with E-state index in [0.717, 1.165) is 16.9 Å². The summed E-state index contributed by atoms with van der Waals surface area (Å²) in [4.78, 5) is 0. The maximum Gasteiger partial charge on any atom is 0.127 e. The molecule has 17 heavy (non-hydrogen) atoms. The van der Waals surface area contributed by atoms with Crippen molar-refractivity contribution >= 4 is 0 Å². The summed E-state index contributed by atoms with van der Waals surface area (Å²) >= 11 is 0. The van der Waals surface area contributed by atoms with Gasteiger partial charge in [-0.2, -0.15) is 0 Å². The van der Waals surface area contributed by atoms with Gasteiger partial charge in [0, 0.05) is 12.0 Å². The lowest BCUT2D eigenvalue weighted by molar-refractivity contribution is 0.0657. The smallest absolute Gasteiger partial charge is 0.127 e. The van der Waals surface area contributed by atoms with Gasteiger partial charge in [-0.3, -0.25) is 0 Å². The Morgan fingerprint density at radius 2 is 1.65 bits per heavy atom. The first kappa shape index (κ1) is 10.4. The lowest BCUT2D eigenvalue weighted by Gasteiger charge is -2.29. The summed E-state index contributed by atoms with van der Waals surface area (Å²) in [6.07, 6.45) is 0.118. The molecule has 0 saturated heterocycles. The highest BCUT2D eigenvalue weighted by Crippen LogP contribution is 2.40. The Kier molecular flexibility index (Phi) is 2.57. The first-order chi connectivity index (χ1) is 8.34. The minimum Gasteiger partial charge on any atom is -0.485 e. The molecule has 2 aromatic rings. The van der Waals surface area contributed by atoms with Crippen LogP contribution in [-0.2, 0) is 0 Å². The van der Waals surface area contributed by atoms with Crippen LogP contribution in [0.2, 0.25) is 0 Å². The van der Waals surface area contributed by atoms with E-state index in [1.807, 2.05) is 54.6 Å². The van der Waals surface area contributed by atoms with Crippen molar-refractivity contribution in [3.8, 4) is 5.75 Å². The van der Waals surface area contributed by atoms with E-state index in [0.29, 0.717) is 6.42 Å². The Hall–Kier alpha value is -1.80. The van der Waals surface area contributed by atoms with Crippen LogP contribution in [-0.4, -0.2) is 5.11 Å². The average molecular weight is 226 g/mol. The number of fused-ring (bicyclic) bond motifs is 1. The number of aliphatic hydroxyl groups is 1. The van der Waals surface area contributed by atoms with Crippen molar-refractivity contribution in [3.63, 3.8) is 0 Å². The SMILES string of the molecule is O[C@H]1CC(c2ccccc2)Oc2ccccc21. The largest absolute Gasteiger partial charge is 0.485 e. The zero-order chi connectivity index (χ0) is 11.7. The summed E-state index contributed by atoms with van der Waals surface area (Å²) in [5.74, 6) is 0.792.